The van der Waals surface area contributed by atoms with Gasteiger partial charge in [-0.25, -0.2) is 15.8 Å². The summed E-state index contributed by atoms with van der Waals surface area (Å²) in [6, 6.07) is 7.02. The maximum atomic E-state index is 6.14. The lowest BCUT2D eigenvalue weighted by molar-refractivity contribution is 0.415. The van der Waals surface area contributed by atoms with Crippen molar-refractivity contribution >= 4 is 40.7 Å². The van der Waals surface area contributed by atoms with Gasteiger partial charge in [-0.1, -0.05) is 23.4 Å². The molecule has 0 bridgehead atoms. The second-order valence-corrected chi connectivity index (χ2v) is 4.92. The van der Waals surface area contributed by atoms with Crippen LogP contribution in [0.5, 0.6) is 5.75 Å². The number of ether oxygens (including phenoxy) is 1. The van der Waals surface area contributed by atoms with Crippen molar-refractivity contribution in [2.45, 2.75) is 5.16 Å². The number of benzene rings is 1. The average Bonchev–Trinajstić information content (AvgIpc) is 2.49. The number of thioether (sulfide) groups is 1. The summed E-state index contributed by atoms with van der Waals surface area (Å²) in [4.78, 5) is 8.52. The van der Waals surface area contributed by atoms with Crippen molar-refractivity contribution in [1.82, 2.24) is 9.97 Å². The van der Waals surface area contributed by atoms with Gasteiger partial charge in [0.15, 0.2) is 5.16 Å². The van der Waals surface area contributed by atoms with Crippen LogP contribution in [0.2, 0.25) is 5.02 Å². The minimum absolute atomic E-state index is 0.519. The topological polar surface area (TPSA) is 85.1 Å². The van der Waals surface area contributed by atoms with E-state index in [-0.39, 0.29) is 0 Å². The number of halogens is 1. The van der Waals surface area contributed by atoms with Crippen LogP contribution in [0, 0.1) is 0 Å². The fourth-order valence-electron chi connectivity index (χ4n) is 1.52. The largest absolute Gasteiger partial charge is 0.497 e. The number of rotatable bonds is 5. The van der Waals surface area contributed by atoms with Crippen molar-refractivity contribution in [3.05, 3.63) is 29.3 Å². The molecule has 0 spiro atoms. The summed E-state index contributed by atoms with van der Waals surface area (Å²) < 4.78 is 5.17. The molecule has 0 saturated heterocycles. The zero-order valence-corrected chi connectivity index (χ0v) is 12.5. The molecule has 0 amide bonds. The highest BCUT2D eigenvalue weighted by atomic mass is 35.5. The Bertz CT molecular complexity index is 588. The van der Waals surface area contributed by atoms with E-state index in [4.69, 9.17) is 22.2 Å². The van der Waals surface area contributed by atoms with Gasteiger partial charge in [-0.3, -0.25) is 0 Å². The van der Waals surface area contributed by atoms with Crippen molar-refractivity contribution in [2.24, 2.45) is 5.84 Å². The third-order valence-corrected chi connectivity index (χ3v) is 3.35. The molecule has 0 aliphatic carbocycles. The first kappa shape index (κ1) is 14.7. The summed E-state index contributed by atoms with van der Waals surface area (Å²) in [5.41, 5.74) is 3.20. The average molecular weight is 312 g/mol. The summed E-state index contributed by atoms with van der Waals surface area (Å²) in [5.74, 6) is 7.20. The highest BCUT2D eigenvalue weighted by Crippen LogP contribution is 2.29. The smallest absolute Gasteiger partial charge is 0.191 e. The zero-order valence-electron chi connectivity index (χ0n) is 11.0. The van der Waals surface area contributed by atoms with E-state index in [2.05, 4.69) is 20.7 Å². The second-order valence-electron chi connectivity index (χ2n) is 3.74. The van der Waals surface area contributed by atoms with Gasteiger partial charge in [-0.15, -0.1) is 0 Å². The van der Waals surface area contributed by atoms with Gasteiger partial charge in [-0.2, -0.15) is 0 Å². The van der Waals surface area contributed by atoms with Gasteiger partial charge in [0.1, 0.15) is 17.4 Å². The summed E-state index contributed by atoms with van der Waals surface area (Å²) in [6.07, 6.45) is 1.89. The quantitative estimate of drug-likeness (QED) is 0.339. The van der Waals surface area contributed by atoms with Crippen LogP contribution in [-0.2, 0) is 0 Å². The van der Waals surface area contributed by atoms with Crippen LogP contribution in [0.3, 0.4) is 0 Å². The SMILES string of the molecule is COc1ccc(Cl)c(Nc2cc(NN)nc(SC)n2)c1. The lowest BCUT2D eigenvalue weighted by Gasteiger charge is -2.11. The first-order valence-corrected chi connectivity index (χ1v) is 7.26. The standard InChI is InChI=1S/C12H14ClN5OS/c1-19-7-3-4-8(13)9(5-7)15-10-6-11(18-14)17-12(16-10)20-2/h3-6H,14H2,1-2H3,(H2,15,16,17,18). The van der Waals surface area contributed by atoms with E-state index >= 15 is 0 Å². The molecule has 2 aromatic rings. The van der Waals surface area contributed by atoms with E-state index < -0.39 is 0 Å². The molecule has 6 nitrogen and oxygen atoms in total. The van der Waals surface area contributed by atoms with Crippen molar-refractivity contribution in [3.8, 4) is 5.75 Å². The molecule has 0 unspecified atom stereocenters. The Kier molecular flexibility index (Phi) is 4.89. The van der Waals surface area contributed by atoms with Crippen LogP contribution < -0.4 is 21.3 Å². The van der Waals surface area contributed by atoms with Crippen molar-refractivity contribution < 1.29 is 4.74 Å². The predicted octanol–water partition coefficient (Wildman–Crippen LogP) is 2.89. The highest BCUT2D eigenvalue weighted by molar-refractivity contribution is 7.98. The molecule has 8 heteroatoms. The Hall–Kier alpha value is -1.70. The van der Waals surface area contributed by atoms with Crippen LogP contribution in [0.4, 0.5) is 17.3 Å². The van der Waals surface area contributed by atoms with E-state index in [1.807, 2.05) is 6.26 Å². The van der Waals surface area contributed by atoms with Gasteiger partial charge in [0.2, 0.25) is 0 Å². The fraction of sp³-hybridized carbons (Fsp3) is 0.167. The van der Waals surface area contributed by atoms with E-state index in [1.54, 1.807) is 31.4 Å². The van der Waals surface area contributed by atoms with Crippen LogP contribution in [0.1, 0.15) is 0 Å². The molecule has 0 fully saturated rings. The maximum absolute atomic E-state index is 6.14. The van der Waals surface area contributed by atoms with E-state index in [0.29, 0.717) is 33.3 Å². The van der Waals surface area contributed by atoms with Gasteiger partial charge in [0, 0.05) is 12.1 Å². The number of nitrogens with one attached hydrogen (secondary N) is 2. The number of anilines is 3. The van der Waals surface area contributed by atoms with Gasteiger partial charge in [0.05, 0.1) is 17.8 Å². The molecular formula is C12H14ClN5OS. The normalized spacial score (nSPS) is 10.2. The number of hydrazine groups is 1. The lowest BCUT2D eigenvalue weighted by atomic mass is 10.3. The number of nitrogens with two attached hydrogens (primary N) is 1. The number of nitrogen functional groups attached to an aromatic ring is 1. The molecular weight excluding hydrogens is 298 g/mol. The van der Waals surface area contributed by atoms with E-state index in [9.17, 15) is 0 Å². The third kappa shape index (κ3) is 3.44. The van der Waals surface area contributed by atoms with Crippen LogP contribution in [0.15, 0.2) is 29.4 Å². The summed E-state index contributed by atoms with van der Waals surface area (Å²) in [6.45, 7) is 0. The van der Waals surface area contributed by atoms with Gasteiger partial charge in [-0.05, 0) is 18.4 Å². The monoisotopic (exact) mass is 311 g/mol. The van der Waals surface area contributed by atoms with Crippen LogP contribution in [0.25, 0.3) is 0 Å². The Morgan fingerprint density at radius 3 is 2.65 bits per heavy atom. The minimum Gasteiger partial charge on any atom is -0.497 e. The molecule has 1 aromatic heterocycles. The minimum atomic E-state index is 0.519. The molecule has 0 saturated carbocycles. The van der Waals surface area contributed by atoms with Gasteiger partial charge >= 0.3 is 0 Å². The molecule has 1 aromatic carbocycles. The molecule has 20 heavy (non-hydrogen) atoms. The number of methoxy groups -OCH3 is 1. The predicted molar refractivity (Wildman–Crippen MR) is 82.9 cm³/mol. The van der Waals surface area contributed by atoms with Gasteiger partial charge in [0.25, 0.3) is 0 Å². The number of aromatic nitrogens is 2. The van der Waals surface area contributed by atoms with Gasteiger partial charge < -0.3 is 15.5 Å². The zero-order chi connectivity index (χ0) is 14.5. The molecule has 0 aliphatic rings. The first-order valence-electron chi connectivity index (χ1n) is 5.66. The Balaban J connectivity index is 2.33. The molecule has 106 valence electrons. The summed E-state index contributed by atoms with van der Waals surface area (Å²) >= 11 is 7.56. The molecule has 0 atom stereocenters. The van der Waals surface area contributed by atoms with Crippen molar-refractivity contribution in [3.63, 3.8) is 0 Å². The summed E-state index contributed by atoms with van der Waals surface area (Å²) in [5, 5.41) is 4.29. The Morgan fingerprint density at radius 1 is 1.25 bits per heavy atom. The fourth-order valence-corrected chi connectivity index (χ4v) is 2.06. The molecule has 2 rings (SSSR count). The van der Waals surface area contributed by atoms with E-state index in [1.165, 1.54) is 11.8 Å². The van der Waals surface area contributed by atoms with E-state index in [0.717, 1.165) is 0 Å². The Labute approximate surface area is 126 Å². The molecule has 4 N–H and O–H groups in total. The lowest BCUT2D eigenvalue weighted by Crippen LogP contribution is -2.10. The molecule has 1 heterocycles. The van der Waals surface area contributed by atoms with Crippen LogP contribution >= 0.6 is 23.4 Å². The number of nitrogens with zero attached hydrogens (tertiary/aromatic N) is 2. The highest BCUT2D eigenvalue weighted by Gasteiger charge is 2.07. The van der Waals surface area contributed by atoms with Crippen molar-refractivity contribution in [2.75, 3.05) is 24.1 Å². The molecule has 0 aliphatic heterocycles. The van der Waals surface area contributed by atoms with Crippen molar-refractivity contribution in [1.29, 1.82) is 0 Å². The first-order chi connectivity index (χ1) is 9.66. The van der Waals surface area contributed by atoms with Crippen LogP contribution in [-0.4, -0.2) is 23.3 Å². The Morgan fingerprint density at radius 2 is 2.00 bits per heavy atom. The maximum Gasteiger partial charge on any atom is 0.191 e. The third-order valence-electron chi connectivity index (χ3n) is 2.47. The molecule has 0 radical (unpaired) electrons. The second kappa shape index (κ2) is 6.65. The number of hydrogen-bond donors (Lipinski definition) is 3. The summed E-state index contributed by atoms with van der Waals surface area (Å²) in [7, 11) is 1.60. The number of hydrogen-bond acceptors (Lipinski definition) is 7.